The first-order valence-electron chi connectivity index (χ1n) is 9.66. The van der Waals surface area contributed by atoms with Crippen LogP contribution < -0.4 is 10.2 Å². The molecule has 0 saturated carbocycles. The number of hydrogen-bond donors (Lipinski definition) is 1. The molecule has 0 radical (unpaired) electrons. The highest BCUT2D eigenvalue weighted by atomic mass is 35.5. The zero-order valence-corrected chi connectivity index (χ0v) is 18.6. The van der Waals surface area contributed by atoms with Crippen molar-refractivity contribution >= 4 is 56.9 Å². The fourth-order valence-electron chi connectivity index (χ4n) is 3.30. The minimum absolute atomic E-state index is 0.142. The standard InChI is InChI=1S/C21H21ClN4O2S2/c22-15-3-6-17(7-4-15)25-9-11-26(12-10-25)19(27)8-5-16-14-30-21(23-16)24-20(28)18-2-1-13-29-18/h1-4,6-7,13-14H,5,8-12H2,(H,23,24,28). The molecule has 1 fully saturated rings. The van der Waals surface area contributed by atoms with Crippen LogP contribution in [0.3, 0.4) is 0 Å². The number of benzene rings is 1. The second kappa shape index (κ2) is 9.59. The summed E-state index contributed by atoms with van der Waals surface area (Å²) in [6.07, 6.45) is 0.991. The van der Waals surface area contributed by atoms with E-state index in [4.69, 9.17) is 11.6 Å². The van der Waals surface area contributed by atoms with Crippen LogP contribution in [-0.2, 0) is 11.2 Å². The first-order valence-corrected chi connectivity index (χ1v) is 11.8. The Balaban J connectivity index is 1.23. The van der Waals surface area contributed by atoms with Crippen molar-refractivity contribution in [1.29, 1.82) is 0 Å². The van der Waals surface area contributed by atoms with Crippen molar-refractivity contribution in [3.63, 3.8) is 0 Å². The summed E-state index contributed by atoms with van der Waals surface area (Å²) >= 11 is 8.73. The summed E-state index contributed by atoms with van der Waals surface area (Å²) in [5.74, 6) is -0.0107. The van der Waals surface area contributed by atoms with Gasteiger partial charge in [-0.05, 0) is 42.1 Å². The molecule has 1 N–H and O–H groups in total. The van der Waals surface area contributed by atoms with Gasteiger partial charge in [-0.25, -0.2) is 4.98 Å². The monoisotopic (exact) mass is 460 g/mol. The minimum Gasteiger partial charge on any atom is -0.368 e. The summed E-state index contributed by atoms with van der Waals surface area (Å²) in [5, 5.41) is 7.86. The SMILES string of the molecule is O=C(Nc1nc(CCC(=O)N2CCN(c3ccc(Cl)cc3)CC2)cs1)c1cccs1. The molecule has 9 heteroatoms. The number of rotatable bonds is 6. The Labute approximate surface area is 188 Å². The van der Waals surface area contributed by atoms with E-state index in [1.165, 1.54) is 22.7 Å². The number of hydrogen-bond acceptors (Lipinski definition) is 6. The largest absolute Gasteiger partial charge is 0.368 e. The molecule has 4 rings (SSSR count). The van der Waals surface area contributed by atoms with Gasteiger partial charge in [-0.2, -0.15) is 0 Å². The normalized spacial score (nSPS) is 14.0. The number of thiazole rings is 1. The maximum Gasteiger partial charge on any atom is 0.267 e. The number of thiophene rings is 1. The molecular weight excluding hydrogens is 440 g/mol. The van der Waals surface area contributed by atoms with Gasteiger partial charge in [0, 0.05) is 48.7 Å². The highest BCUT2D eigenvalue weighted by Crippen LogP contribution is 2.21. The first kappa shape index (κ1) is 20.8. The van der Waals surface area contributed by atoms with Gasteiger partial charge < -0.3 is 9.80 Å². The Kier molecular flexibility index (Phi) is 6.66. The van der Waals surface area contributed by atoms with E-state index in [-0.39, 0.29) is 11.8 Å². The van der Waals surface area contributed by atoms with Gasteiger partial charge in [0.15, 0.2) is 5.13 Å². The van der Waals surface area contributed by atoms with Gasteiger partial charge in [-0.3, -0.25) is 14.9 Å². The minimum atomic E-state index is -0.152. The van der Waals surface area contributed by atoms with Crippen LogP contribution in [0.5, 0.6) is 0 Å². The van der Waals surface area contributed by atoms with Crippen molar-refractivity contribution in [2.45, 2.75) is 12.8 Å². The van der Waals surface area contributed by atoms with Crippen molar-refractivity contribution in [3.8, 4) is 0 Å². The highest BCUT2D eigenvalue weighted by molar-refractivity contribution is 7.14. The lowest BCUT2D eigenvalue weighted by molar-refractivity contribution is -0.131. The smallest absolute Gasteiger partial charge is 0.267 e. The molecule has 6 nitrogen and oxygen atoms in total. The maximum absolute atomic E-state index is 12.6. The molecule has 3 aromatic rings. The number of amides is 2. The number of halogens is 1. The second-order valence-electron chi connectivity index (χ2n) is 6.92. The number of aryl methyl sites for hydroxylation is 1. The number of nitrogens with zero attached hydrogens (tertiary/aromatic N) is 3. The van der Waals surface area contributed by atoms with Crippen molar-refractivity contribution in [2.75, 3.05) is 36.4 Å². The Morgan fingerprint density at radius 3 is 2.53 bits per heavy atom. The van der Waals surface area contributed by atoms with Crippen molar-refractivity contribution < 1.29 is 9.59 Å². The Hall–Kier alpha value is -2.42. The fraction of sp³-hybridized carbons (Fsp3) is 0.286. The molecule has 0 aliphatic carbocycles. The molecule has 1 saturated heterocycles. The van der Waals surface area contributed by atoms with E-state index in [9.17, 15) is 9.59 Å². The number of carbonyl (C=O) groups is 2. The van der Waals surface area contributed by atoms with Crippen LogP contribution in [0.2, 0.25) is 5.02 Å². The number of aromatic nitrogens is 1. The number of carbonyl (C=O) groups excluding carboxylic acids is 2. The van der Waals surface area contributed by atoms with Gasteiger partial charge in [0.2, 0.25) is 5.91 Å². The van der Waals surface area contributed by atoms with Crippen LogP contribution in [0, 0.1) is 0 Å². The zero-order valence-electron chi connectivity index (χ0n) is 16.2. The first-order chi connectivity index (χ1) is 14.6. The highest BCUT2D eigenvalue weighted by Gasteiger charge is 2.21. The summed E-state index contributed by atoms with van der Waals surface area (Å²) in [6, 6.07) is 11.4. The van der Waals surface area contributed by atoms with E-state index in [2.05, 4.69) is 15.2 Å². The summed E-state index contributed by atoms with van der Waals surface area (Å²) in [6.45, 7) is 3.03. The maximum atomic E-state index is 12.6. The molecule has 1 aromatic carbocycles. The number of nitrogens with one attached hydrogen (secondary N) is 1. The van der Waals surface area contributed by atoms with E-state index in [0.717, 1.165) is 29.5 Å². The van der Waals surface area contributed by atoms with E-state index in [1.54, 1.807) is 6.07 Å². The quantitative estimate of drug-likeness (QED) is 0.592. The van der Waals surface area contributed by atoms with Crippen LogP contribution in [0.25, 0.3) is 0 Å². The topological polar surface area (TPSA) is 65.5 Å². The van der Waals surface area contributed by atoms with Crippen molar-refractivity contribution in [3.05, 3.63) is 62.8 Å². The molecule has 1 aliphatic heterocycles. The molecule has 0 unspecified atom stereocenters. The Morgan fingerprint density at radius 1 is 1.07 bits per heavy atom. The molecule has 2 aromatic heterocycles. The molecule has 0 bridgehead atoms. The van der Waals surface area contributed by atoms with Crippen molar-refractivity contribution in [1.82, 2.24) is 9.88 Å². The van der Waals surface area contributed by atoms with E-state index >= 15 is 0 Å². The lowest BCUT2D eigenvalue weighted by Gasteiger charge is -2.36. The van der Waals surface area contributed by atoms with Crippen LogP contribution >= 0.6 is 34.3 Å². The second-order valence-corrected chi connectivity index (χ2v) is 9.16. The molecule has 0 spiro atoms. The van der Waals surface area contributed by atoms with E-state index in [1.807, 2.05) is 46.0 Å². The van der Waals surface area contributed by atoms with Crippen LogP contribution in [-0.4, -0.2) is 47.9 Å². The average Bonchev–Trinajstić information content (AvgIpc) is 3.45. The molecule has 1 aliphatic rings. The Morgan fingerprint density at radius 2 is 1.83 bits per heavy atom. The third-order valence-electron chi connectivity index (χ3n) is 4.94. The molecule has 30 heavy (non-hydrogen) atoms. The summed E-state index contributed by atoms with van der Waals surface area (Å²) < 4.78 is 0. The number of piperazine rings is 1. The summed E-state index contributed by atoms with van der Waals surface area (Å²) in [5.41, 5.74) is 1.96. The number of anilines is 2. The third-order valence-corrected chi connectivity index (χ3v) is 6.86. The van der Waals surface area contributed by atoms with Gasteiger partial charge in [-0.15, -0.1) is 22.7 Å². The average molecular weight is 461 g/mol. The molecule has 2 amide bonds. The fourth-order valence-corrected chi connectivity index (χ4v) is 4.79. The molecule has 3 heterocycles. The van der Waals surface area contributed by atoms with E-state index < -0.39 is 0 Å². The van der Waals surface area contributed by atoms with Gasteiger partial charge in [-0.1, -0.05) is 17.7 Å². The lowest BCUT2D eigenvalue weighted by atomic mass is 10.2. The summed E-state index contributed by atoms with van der Waals surface area (Å²) in [7, 11) is 0. The zero-order chi connectivity index (χ0) is 20.9. The summed E-state index contributed by atoms with van der Waals surface area (Å²) in [4.78, 5) is 34.0. The molecule has 156 valence electrons. The van der Waals surface area contributed by atoms with Gasteiger partial charge in [0.1, 0.15) is 0 Å². The van der Waals surface area contributed by atoms with Crippen molar-refractivity contribution in [2.24, 2.45) is 0 Å². The predicted octanol–water partition coefficient (Wildman–Crippen LogP) is 4.39. The van der Waals surface area contributed by atoms with Crippen LogP contribution in [0.15, 0.2) is 47.2 Å². The Bertz CT molecular complexity index is 996. The lowest BCUT2D eigenvalue weighted by Crippen LogP contribution is -2.48. The molecule has 0 atom stereocenters. The predicted molar refractivity (Wildman–Crippen MR) is 123 cm³/mol. The van der Waals surface area contributed by atoms with Crippen LogP contribution in [0.4, 0.5) is 10.8 Å². The van der Waals surface area contributed by atoms with Gasteiger partial charge >= 0.3 is 0 Å². The van der Waals surface area contributed by atoms with Gasteiger partial charge in [0.05, 0.1) is 10.6 Å². The third kappa shape index (κ3) is 5.19. The van der Waals surface area contributed by atoms with Crippen LogP contribution in [0.1, 0.15) is 21.8 Å². The van der Waals surface area contributed by atoms with E-state index in [0.29, 0.717) is 35.9 Å². The van der Waals surface area contributed by atoms with Gasteiger partial charge in [0.25, 0.3) is 5.91 Å². The molecular formula is C21H21ClN4O2S2.